The van der Waals surface area contributed by atoms with E-state index in [1.165, 1.54) is 12.8 Å². The summed E-state index contributed by atoms with van der Waals surface area (Å²) in [5.74, 6) is 6.56. The first kappa shape index (κ1) is 12.9. The standard InChI is InChI=1S/C12H22N4/c1-3-4-5-6-7-8-11(15-13)12-14-9-10-16(12)2/h3,9-11,15H,1,4-8,13H2,2H3. The predicted octanol–water partition coefficient (Wildman–Crippen LogP) is 2.06. The number of hydrogen-bond donors (Lipinski definition) is 2. The maximum absolute atomic E-state index is 5.55. The monoisotopic (exact) mass is 222 g/mol. The number of unbranched alkanes of at least 4 members (excludes halogenated alkanes) is 3. The Hall–Kier alpha value is -1.13. The van der Waals surface area contributed by atoms with Gasteiger partial charge in [0, 0.05) is 19.4 Å². The number of aromatic nitrogens is 2. The van der Waals surface area contributed by atoms with Gasteiger partial charge in [0.05, 0.1) is 6.04 Å². The maximum Gasteiger partial charge on any atom is 0.126 e. The van der Waals surface area contributed by atoms with Crippen LogP contribution in [0.2, 0.25) is 0 Å². The van der Waals surface area contributed by atoms with Crippen LogP contribution in [0, 0.1) is 0 Å². The molecule has 0 spiro atoms. The minimum atomic E-state index is 0.156. The zero-order valence-electron chi connectivity index (χ0n) is 10.0. The SMILES string of the molecule is C=CCCCCCC(NN)c1nccn1C. The minimum Gasteiger partial charge on any atom is -0.337 e. The van der Waals surface area contributed by atoms with E-state index in [1.807, 2.05) is 23.9 Å². The molecule has 16 heavy (non-hydrogen) atoms. The molecule has 1 unspecified atom stereocenters. The second-order valence-corrected chi connectivity index (χ2v) is 4.04. The van der Waals surface area contributed by atoms with Crippen LogP contribution in [0.15, 0.2) is 25.0 Å². The smallest absolute Gasteiger partial charge is 0.126 e. The van der Waals surface area contributed by atoms with E-state index in [1.54, 1.807) is 6.20 Å². The third-order valence-corrected chi connectivity index (χ3v) is 2.77. The molecule has 0 aromatic carbocycles. The third kappa shape index (κ3) is 3.79. The number of allylic oxidation sites excluding steroid dienone is 1. The van der Waals surface area contributed by atoms with Crippen LogP contribution in [0.1, 0.15) is 44.0 Å². The van der Waals surface area contributed by atoms with Gasteiger partial charge in [-0.05, 0) is 19.3 Å². The number of imidazole rings is 1. The molecule has 1 rings (SSSR count). The second kappa shape index (κ2) is 7.19. The summed E-state index contributed by atoms with van der Waals surface area (Å²) >= 11 is 0. The zero-order chi connectivity index (χ0) is 11.8. The molecule has 0 fully saturated rings. The van der Waals surface area contributed by atoms with Crippen molar-refractivity contribution in [1.82, 2.24) is 15.0 Å². The Morgan fingerprint density at radius 2 is 2.38 bits per heavy atom. The number of nitrogens with one attached hydrogen (secondary N) is 1. The number of hydrogen-bond acceptors (Lipinski definition) is 3. The summed E-state index contributed by atoms with van der Waals surface area (Å²) in [6, 6.07) is 0.156. The van der Waals surface area contributed by atoms with Crippen molar-refractivity contribution in [3.05, 3.63) is 30.9 Å². The summed E-state index contributed by atoms with van der Waals surface area (Å²) in [5, 5.41) is 0. The quantitative estimate of drug-likeness (QED) is 0.306. The van der Waals surface area contributed by atoms with Gasteiger partial charge in [0.2, 0.25) is 0 Å². The van der Waals surface area contributed by atoms with Gasteiger partial charge in [0.25, 0.3) is 0 Å². The van der Waals surface area contributed by atoms with Gasteiger partial charge in [-0.3, -0.25) is 5.84 Å². The fourth-order valence-corrected chi connectivity index (χ4v) is 1.81. The maximum atomic E-state index is 5.55. The summed E-state index contributed by atoms with van der Waals surface area (Å²) in [7, 11) is 1.99. The van der Waals surface area contributed by atoms with Crippen molar-refractivity contribution in [2.24, 2.45) is 12.9 Å². The molecule has 0 aliphatic heterocycles. The molecule has 90 valence electrons. The van der Waals surface area contributed by atoms with Gasteiger partial charge < -0.3 is 4.57 Å². The molecule has 4 heteroatoms. The lowest BCUT2D eigenvalue weighted by Crippen LogP contribution is -2.30. The van der Waals surface area contributed by atoms with E-state index >= 15 is 0 Å². The average Bonchev–Trinajstić information content (AvgIpc) is 2.70. The fraction of sp³-hybridized carbons (Fsp3) is 0.583. The van der Waals surface area contributed by atoms with E-state index in [0.717, 1.165) is 25.1 Å². The van der Waals surface area contributed by atoms with Gasteiger partial charge in [0.15, 0.2) is 0 Å². The molecule has 3 N–H and O–H groups in total. The first-order chi connectivity index (χ1) is 7.79. The molecule has 0 amide bonds. The molecule has 1 aromatic heterocycles. The van der Waals surface area contributed by atoms with Gasteiger partial charge in [-0.1, -0.05) is 18.9 Å². The number of aryl methyl sites for hydroxylation is 1. The Labute approximate surface area is 97.5 Å². The highest BCUT2D eigenvalue weighted by molar-refractivity contribution is 4.97. The van der Waals surface area contributed by atoms with Gasteiger partial charge in [-0.2, -0.15) is 0 Å². The van der Waals surface area contributed by atoms with E-state index in [4.69, 9.17) is 5.84 Å². The molecule has 0 bridgehead atoms. The molecular weight excluding hydrogens is 200 g/mol. The van der Waals surface area contributed by atoms with Crippen molar-refractivity contribution in [3.8, 4) is 0 Å². The number of nitrogens with zero attached hydrogens (tertiary/aromatic N) is 2. The highest BCUT2D eigenvalue weighted by Gasteiger charge is 2.13. The minimum absolute atomic E-state index is 0.156. The molecule has 0 saturated carbocycles. The Morgan fingerprint density at radius 1 is 1.56 bits per heavy atom. The van der Waals surface area contributed by atoms with Crippen LogP contribution >= 0.6 is 0 Å². The van der Waals surface area contributed by atoms with Crippen LogP contribution < -0.4 is 11.3 Å². The van der Waals surface area contributed by atoms with Crippen LogP contribution in [-0.4, -0.2) is 9.55 Å². The van der Waals surface area contributed by atoms with Crippen LogP contribution in [0.25, 0.3) is 0 Å². The van der Waals surface area contributed by atoms with Gasteiger partial charge >= 0.3 is 0 Å². The van der Waals surface area contributed by atoms with E-state index in [9.17, 15) is 0 Å². The van der Waals surface area contributed by atoms with Crippen LogP contribution in [0.3, 0.4) is 0 Å². The molecule has 0 radical (unpaired) electrons. The van der Waals surface area contributed by atoms with Crippen LogP contribution in [0.4, 0.5) is 0 Å². The second-order valence-electron chi connectivity index (χ2n) is 4.04. The molecular formula is C12H22N4. The Bertz CT molecular complexity index is 306. The molecule has 1 aromatic rings. The van der Waals surface area contributed by atoms with E-state index in [-0.39, 0.29) is 6.04 Å². The Balaban J connectivity index is 2.33. The van der Waals surface area contributed by atoms with Crippen LogP contribution in [0.5, 0.6) is 0 Å². The van der Waals surface area contributed by atoms with Gasteiger partial charge in [0.1, 0.15) is 5.82 Å². The molecule has 4 nitrogen and oxygen atoms in total. The highest BCUT2D eigenvalue weighted by Crippen LogP contribution is 2.17. The average molecular weight is 222 g/mol. The van der Waals surface area contributed by atoms with Crippen molar-refractivity contribution in [1.29, 1.82) is 0 Å². The first-order valence-electron chi connectivity index (χ1n) is 5.83. The van der Waals surface area contributed by atoms with Crippen molar-refractivity contribution < 1.29 is 0 Å². The van der Waals surface area contributed by atoms with Crippen molar-refractivity contribution in [3.63, 3.8) is 0 Å². The van der Waals surface area contributed by atoms with Gasteiger partial charge in [-0.25, -0.2) is 10.4 Å². The van der Waals surface area contributed by atoms with Crippen molar-refractivity contribution in [2.75, 3.05) is 0 Å². The fourth-order valence-electron chi connectivity index (χ4n) is 1.81. The molecule has 1 atom stereocenters. The number of nitrogens with two attached hydrogens (primary N) is 1. The predicted molar refractivity (Wildman–Crippen MR) is 66.6 cm³/mol. The largest absolute Gasteiger partial charge is 0.337 e. The molecule has 0 aliphatic carbocycles. The number of rotatable bonds is 8. The van der Waals surface area contributed by atoms with Crippen molar-refractivity contribution in [2.45, 2.75) is 38.1 Å². The molecule has 1 heterocycles. The summed E-state index contributed by atoms with van der Waals surface area (Å²) in [4.78, 5) is 4.31. The normalized spacial score (nSPS) is 12.6. The molecule has 0 aliphatic rings. The van der Waals surface area contributed by atoms with Gasteiger partial charge in [-0.15, -0.1) is 6.58 Å². The summed E-state index contributed by atoms with van der Waals surface area (Å²) in [6.45, 7) is 3.72. The number of hydrazine groups is 1. The topological polar surface area (TPSA) is 55.9 Å². The first-order valence-corrected chi connectivity index (χ1v) is 5.83. The lowest BCUT2D eigenvalue weighted by Gasteiger charge is -2.15. The van der Waals surface area contributed by atoms with E-state index < -0.39 is 0 Å². The van der Waals surface area contributed by atoms with Crippen molar-refractivity contribution >= 4 is 0 Å². The molecule has 0 saturated heterocycles. The lowest BCUT2D eigenvalue weighted by molar-refractivity contribution is 0.453. The Morgan fingerprint density at radius 3 is 2.94 bits per heavy atom. The lowest BCUT2D eigenvalue weighted by atomic mass is 10.1. The summed E-state index contributed by atoms with van der Waals surface area (Å²) in [5.41, 5.74) is 2.83. The van der Waals surface area contributed by atoms with E-state index in [2.05, 4.69) is 17.0 Å². The zero-order valence-corrected chi connectivity index (χ0v) is 10.0. The Kier molecular flexibility index (Phi) is 5.82. The third-order valence-electron chi connectivity index (χ3n) is 2.77. The summed E-state index contributed by atoms with van der Waals surface area (Å²) in [6.07, 6.45) is 11.4. The highest BCUT2D eigenvalue weighted by atomic mass is 15.3. The summed E-state index contributed by atoms with van der Waals surface area (Å²) < 4.78 is 2.01. The van der Waals surface area contributed by atoms with Crippen LogP contribution in [-0.2, 0) is 7.05 Å². The van der Waals surface area contributed by atoms with E-state index in [0.29, 0.717) is 0 Å².